The van der Waals surface area contributed by atoms with Gasteiger partial charge < -0.3 is 25.4 Å². The lowest BCUT2D eigenvalue weighted by Gasteiger charge is -2.11. The molecule has 8 heteroatoms. The molecule has 1 aromatic rings. The van der Waals surface area contributed by atoms with Gasteiger partial charge in [0.1, 0.15) is 0 Å². The minimum Gasteiger partial charge on any atom is -0.454 e. The van der Waals surface area contributed by atoms with Gasteiger partial charge >= 0.3 is 0 Å². The van der Waals surface area contributed by atoms with Crippen LogP contribution in [0.25, 0.3) is 0 Å². The normalized spacial score (nSPS) is 12.3. The average Bonchev–Trinajstić information content (AvgIpc) is 2.98. The van der Waals surface area contributed by atoms with E-state index in [9.17, 15) is 4.79 Å². The van der Waals surface area contributed by atoms with Gasteiger partial charge in [0.25, 0.3) is 0 Å². The molecule has 0 bridgehead atoms. The minimum atomic E-state index is -0.0591. The monoisotopic (exact) mass is 434 g/mol. The van der Waals surface area contributed by atoms with E-state index in [0.29, 0.717) is 19.0 Å². The van der Waals surface area contributed by atoms with Crippen LogP contribution in [0.1, 0.15) is 19.4 Å². The highest BCUT2D eigenvalue weighted by atomic mass is 127. The summed E-state index contributed by atoms with van der Waals surface area (Å²) in [6, 6.07) is 5.74. The minimum absolute atomic E-state index is 0. The molecular weight excluding hydrogens is 411 g/mol. The maximum atomic E-state index is 11.5. The number of halogens is 1. The lowest BCUT2D eigenvalue weighted by atomic mass is 10.2. The van der Waals surface area contributed by atoms with E-state index in [-0.39, 0.29) is 43.2 Å². The molecule has 0 aromatic heterocycles. The van der Waals surface area contributed by atoms with Gasteiger partial charge in [0.15, 0.2) is 17.5 Å². The van der Waals surface area contributed by atoms with E-state index in [4.69, 9.17) is 9.47 Å². The van der Waals surface area contributed by atoms with E-state index in [2.05, 4.69) is 20.9 Å². The van der Waals surface area contributed by atoms with Crippen molar-refractivity contribution in [1.29, 1.82) is 0 Å². The Hall–Kier alpha value is -1.71. The van der Waals surface area contributed by atoms with Crippen LogP contribution in [0.4, 0.5) is 0 Å². The average molecular weight is 434 g/mol. The Balaban J connectivity index is 0.00000264. The second-order valence-electron chi connectivity index (χ2n) is 4.69. The highest BCUT2D eigenvalue weighted by Gasteiger charge is 2.13. The van der Waals surface area contributed by atoms with Crippen molar-refractivity contribution in [1.82, 2.24) is 16.0 Å². The summed E-state index contributed by atoms with van der Waals surface area (Å²) in [4.78, 5) is 15.9. The van der Waals surface area contributed by atoms with Crippen LogP contribution in [0.15, 0.2) is 23.2 Å². The van der Waals surface area contributed by atoms with Crippen LogP contribution >= 0.6 is 24.0 Å². The number of guanidine groups is 1. The summed E-state index contributed by atoms with van der Waals surface area (Å²) in [6.45, 7) is 6.15. The van der Waals surface area contributed by atoms with Gasteiger partial charge in [-0.05, 0) is 31.5 Å². The maximum Gasteiger partial charge on any atom is 0.239 e. The summed E-state index contributed by atoms with van der Waals surface area (Å²) in [7, 11) is 0. The summed E-state index contributed by atoms with van der Waals surface area (Å²) in [5, 5.41) is 8.83. The number of hydrogen-bond donors (Lipinski definition) is 3. The molecule has 1 aliphatic heterocycles. The van der Waals surface area contributed by atoms with Crippen LogP contribution in [0.3, 0.4) is 0 Å². The molecule has 0 unspecified atom stereocenters. The van der Waals surface area contributed by atoms with Crippen molar-refractivity contribution >= 4 is 35.8 Å². The zero-order valence-electron chi connectivity index (χ0n) is 13.3. The molecule has 1 amide bonds. The van der Waals surface area contributed by atoms with Gasteiger partial charge in [-0.2, -0.15) is 0 Å². The first-order valence-electron chi connectivity index (χ1n) is 7.40. The smallest absolute Gasteiger partial charge is 0.239 e. The molecule has 1 aliphatic rings. The number of benzene rings is 1. The number of carbonyl (C=O) groups is 1. The summed E-state index contributed by atoms with van der Waals surface area (Å²) >= 11 is 0. The van der Waals surface area contributed by atoms with Crippen LogP contribution in [0.2, 0.25) is 0 Å². The lowest BCUT2D eigenvalue weighted by molar-refractivity contribution is -0.119. The standard InChI is InChI=1S/C15H22N4O3.HI/c1-3-16-14(20)9-19-15(17-4-2)18-8-11-5-6-12-13(7-11)22-10-21-12;/h5-7H,3-4,8-10H2,1-2H3,(H,16,20)(H2,17,18,19);1H. The molecule has 0 radical (unpaired) electrons. The molecule has 128 valence electrons. The number of fused-ring (bicyclic) bond motifs is 1. The van der Waals surface area contributed by atoms with Crippen molar-refractivity contribution in [3.63, 3.8) is 0 Å². The maximum absolute atomic E-state index is 11.5. The molecule has 1 heterocycles. The van der Waals surface area contributed by atoms with Crippen LogP contribution < -0.4 is 25.4 Å². The second kappa shape index (κ2) is 10.1. The third-order valence-corrected chi connectivity index (χ3v) is 2.99. The predicted molar refractivity (Wildman–Crippen MR) is 99.5 cm³/mol. The largest absolute Gasteiger partial charge is 0.454 e. The Kier molecular flexibility index (Phi) is 8.52. The van der Waals surface area contributed by atoms with E-state index < -0.39 is 0 Å². The lowest BCUT2D eigenvalue weighted by Crippen LogP contribution is -2.43. The SMILES string of the molecule is CCNC(=O)CNC(=NCc1ccc2c(c1)OCO2)NCC.I. The Bertz CT molecular complexity index is 552. The molecule has 0 aliphatic carbocycles. The van der Waals surface area contributed by atoms with Crippen molar-refractivity contribution in [2.45, 2.75) is 20.4 Å². The molecule has 0 spiro atoms. The number of amides is 1. The fraction of sp³-hybridized carbons (Fsp3) is 0.467. The highest BCUT2D eigenvalue weighted by Crippen LogP contribution is 2.32. The number of nitrogens with one attached hydrogen (secondary N) is 3. The molecule has 7 nitrogen and oxygen atoms in total. The number of aliphatic imine (C=N–C) groups is 1. The van der Waals surface area contributed by atoms with Crippen LogP contribution in [-0.2, 0) is 11.3 Å². The van der Waals surface area contributed by atoms with Gasteiger partial charge in [0.05, 0.1) is 13.1 Å². The molecular formula is C15H23IN4O3. The molecule has 3 N–H and O–H groups in total. The number of ether oxygens (including phenoxy) is 2. The molecule has 0 saturated carbocycles. The van der Waals surface area contributed by atoms with E-state index in [1.54, 1.807) is 0 Å². The summed E-state index contributed by atoms with van der Waals surface area (Å²) in [6.07, 6.45) is 0. The number of likely N-dealkylation sites (N-methyl/N-ethyl adjacent to an activating group) is 1. The number of hydrogen-bond acceptors (Lipinski definition) is 4. The molecule has 0 saturated heterocycles. The Labute approximate surface area is 153 Å². The number of rotatable bonds is 6. The Morgan fingerprint density at radius 1 is 1.13 bits per heavy atom. The van der Waals surface area contributed by atoms with Crippen molar-refractivity contribution in [2.24, 2.45) is 4.99 Å². The van der Waals surface area contributed by atoms with Gasteiger partial charge in [-0.3, -0.25) is 4.79 Å². The molecule has 2 rings (SSSR count). The second-order valence-corrected chi connectivity index (χ2v) is 4.69. The summed E-state index contributed by atoms with van der Waals surface area (Å²) < 4.78 is 10.6. The third kappa shape index (κ3) is 6.12. The fourth-order valence-corrected chi connectivity index (χ4v) is 1.98. The van der Waals surface area contributed by atoms with E-state index >= 15 is 0 Å². The zero-order valence-corrected chi connectivity index (χ0v) is 15.7. The number of carbonyl (C=O) groups excluding carboxylic acids is 1. The van der Waals surface area contributed by atoms with E-state index in [1.807, 2.05) is 32.0 Å². The van der Waals surface area contributed by atoms with Gasteiger partial charge in [0.2, 0.25) is 12.7 Å². The first-order chi connectivity index (χ1) is 10.7. The third-order valence-electron chi connectivity index (χ3n) is 2.99. The topological polar surface area (TPSA) is 84.0 Å². The van der Waals surface area contributed by atoms with Crippen LogP contribution in [0.5, 0.6) is 11.5 Å². The Morgan fingerprint density at radius 3 is 2.61 bits per heavy atom. The first-order valence-corrected chi connectivity index (χ1v) is 7.40. The van der Waals surface area contributed by atoms with Gasteiger partial charge in [-0.25, -0.2) is 4.99 Å². The summed E-state index contributed by atoms with van der Waals surface area (Å²) in [5.41, 5.74) is 1.01. The van der Waals surface area contributed by atoms with E-state index in [1.165, 1.54) is 0 Å². The van der Waals surface area contributed by atoms with Gasteiger partial charge in [-0.1, -0.05) is 6.07 Å². The molecule has 0 atom stereocenters. The first kappa shape index (κ1) is 19.3. The van der Waals surface area contributed by atoms with Gasteiger partial charge in [-0.15, -0.1) is 24.0 Å². The van der Waals surface area contributed by atoms with Crippen molar-refractivity contribution in [3.8, 4) is 11.5 Å². The van der Waals surface area contributed by atoms with Crippen LogP contribution in [-0.4, -0.2) is 38.3 Å². The van der Waals surface area contributed by atoms with Crippen LogP contribution in [0, 0.1) is 0 Å². The highest BCUT2D eigenvalue weighted by molar-refractivity contribution is 14.0. The van der Waals surface area contributed by atoms with E-state index in [0.717, 1.165) is 23.6 Å². The quantitative estimate of drug-likeness (QED) is 0.357. The zero-order chi connectivity index (χ0) is 15.8. The Morgan fingerprint density at radius 2 is 1.87 bits per heavy atom. The van der Waals surface area contributed by atoms with Crippen molar-refractivity contribution < 1.29 is 14.3 Å². The van der Waals surface area contributed by atoms with Crippen molar-refractivity contribution in [2.75, 3.05) is 26.4 Å². The number of nitrogens with zero attached hydrogens (tertiary/aromatic N) is 1. The fourth-order valence-electron chi connectivity index (χ4n) is 1.98. The predicted octanol–water partition coefficient (Wildman–Crippen LogP) is 1.22. The van der Waals surface area contributed by atoms with Gasteiger partial charge in [0, 0.05) is 13.1 Å². The molecule has 1 aromatic carbocycles. The molecule has 0 fully saturated rings. The van der Waals surface area contributed by atoms with Crippen molar-refractivity contribution in [3.05, 3.63) is 23.8 Å². The molecule has 23 heavy (non-hydrogen) atoms. The summed E-state index contributed by atoms with van der Waals surface area (Å²) in [5.74, 6) is 2.05.